The van der Waals surface area contributed by atoms with Gasteiger partial charge in [0.15, 0.2) is 0 Å². The summed E-state index contributed by atoms with van der Waals surface area (Å²) in [4.78, 5) is 10.3. The Kier molecular flexibility index (Phi) is 5.75. The maximum absolute atomic E-state index is 10.3. The molecule has 0 saturated heterocycles. The number of carboxylic acids is 1. The highest BCUT2D eigenvalue weighted by atomic mass is 35.5. The molecule has 0 amide bonds. The lowest BCUT2D eigenvalue weighted by Crippen LogP contribution is -2.11. The molecule has 0 aliphatic heterocycles. The van der Waals surface area contributed by atoms with Crippen LogP contribution in [0, 0.1) is 0 Å². The number of rotatable bonds is 6. The van der Waals surface area contributed by atoms with Crippen molar-refractivity contribution in [3.8, 4) is 0 Å². The van der Waals surface area contributed by atoms with Crippen molar-refractivity contribution in [1.29, 1.82) is 0 Å². The molecule has 94 valence electrons. The summed E-state index contributed by atoms with van der Waals surface area (Å²) in [6, 6.07) is 4.99. The van der Waals surface area contributed by atoms with E-state index < -0.39 is 5.97 Å². The van der Waals surface area contributed by atoms with E-state index in [1.165, 1.54) is 0 Å². The predicted octanol–water partition coefficient (Wildman–Crippen LogP) is 3.64. The molecular formula is C12H15Cl2NO2. The van der Waals surface area contributed by atoms with Gasteiger partial charge in [-0.05, 0) is 36.6 Å². The summed E-state index contributed by atoms with van der Waals surface area (Å²) >= 11 is 11.9. The summed E-state index contributed by atoms with van der Waals surface area (Å²) in [5.41, 5.74) is 6.81. The maximum Gasteiger partial charge on any atom is 0.303 e. The first-order valence-electron chi connectivity index (χ1n) is 5.43. The van der Waals surface area contributed by atoms with Crippen molar-refractivity contribution in [1.82, 2.24) is 0 Å². The molecule has 0 aliphatic carbocycles. The summed E-state index contributed by atoms with van der Waals surface area (Å²) in [5, 5.41) is 9.71. The lowest BCUT2D eigenvalue weighted by Gasteiger charge is -2.13. The lowest BCUT2D eigenvalue weighted by atomic mass is 10.0. The van der Waals surface area contributed by atoms with E-state index in [1.807, 2.05) is 0 Å². The molecule has 0 fully saturated rings. The summed E-state index contributed by atoms with van der Waals surface area (Å²) in [6.07, 6.45) is 2.26. The Hall–Kier alpha value is -0.770. The van der Waals surface area contributed by atoms with Crippen LogP contribution >= 0.6 is 23.2 Å². The van der Waals surface area contributed by atoms with E-state index >= 15 is 0 Å². The number of nitrogens with two attached hydrogens (primary N) is 1. The van der Waals surface area contributed by atoms with Crippen molar-refractivity contribution >= 4 is 29.2 Å². The van der Waals surface area contributed by atoms with E-state index in [1.54, 1.807) is 18.2 Å². The highest BCUT2D eigenvalue weighted by Gasteiger charge is 2.10. The van der Waals surface area contributed by atoms with Crippen LogP contribution < -0.4 is 5.73 Å². The van der Waals surface area contributed by atoms with Gasteiger partial charge in [-0.15, -0.1) is 0 Å². The van der Waals surface area contributed by atoms with Crippen LogP contribution in [0.15, 0.2) is 18.2 Å². The van der Waals surface area contributed by atoms with Gasteiger partial charge in [0.1, 0.15) is 0 Å². The van der Waals surface area contributed by atoms with E-state index in [4.69, 9.17) is 34.0 Å². The molecule has 0 radical (unpaired) electrons. The van der Waals surface area contributed by atoms with Crippen molar-refractivity contribution in [3.63, 3.8) is 0 Å². The van der Waals surface area contributed by atoms with Gasteiger partial charge >= 0.3 is 5.97 Å². The lowest BCUT2D eigenvalue weighted by molar-refractivity contribution is -0.137. The van der Waals surface area contributed by atoms with Crippen molar-refractivity contribution < 1.29 is 9.90 Å². The second kappa shape index (κ2) is 6.84. The van der Waals surface area contributed by atoms with Crippen LogP contribution in [-0.4, -0.2) is 11.1 Å². The molecule has 3 N–H and O–H groups in total. The number of aliphatic carboxylic acids is 1. The van der Waals surface area contributed by atoms with E-state index in [9.17, 15) is 4.79 Å². The van der Waals surface area contributed by atoms with Gasteiger partial charge in [-0.25, -0.2) is 0 Å². The molecule has 0 spiro atoms. The third kappa shape index (κ3) is 4.94. The molecule has 17 heavy (non-hydrogen) atoms. The molecule has 0 aliphatic rings. The minimum atomic E-state index is -0.778. The fraction of sp³-hybridized carbons (Fsp3) is 0.417. The van der Waals surface area contributed by atoms with Crippen LogP contribution in [0.3, 0.4) is 0 Å². The van der Waals surface area contributed by atoms with Gasteiger partial charge in [0.05, 0.1) is 0 Å². The van der Waals surface area contributed by atoms with E-state index in [0.717, 1.165) is 12.0 Å². The van der Waals surface area contributed by atoms with Gasteiger partial charge in [-0.3, -0.25) is 4.79 Å². The summed E-state index contributed by atoms with van der Waals surface area (Å²) in [7, 11) is 0. The molecule has 0 heterocycles. The number of hydrogen-bond acceptors (Lipinski definition) is 2. The highest BCUT2D eigenvalue weighted by Crippen LogP contribution is 2.27. The normalized spacial score (nSPS) is 12.4. The molecule has 1 atom stereocenters. The smallest absolute Gasteiger partial charge is 0.303 e. The van der Waals surface area contributed by atoms with Crippen molar-refractivity contribution in [3.05, 3.63) is 33.8 Å². The molecule has 1 unspecified atom stereocenters. The Morgan fingerprint density at radius 3 is 2.71 bits per heavy atom. The minimum absolute atomic E-state index is 0.177. The molecule has 1 rings (SSSR count). The van der Waals surface area contributed by atoms with Crippen molar-refractivity contribution in [2.75, 3.05) is 0 Å². The zero-order valence-corrected chi connectivity index (χ0v) is 10.8. The molecule has 3 nitrogen and oxygen atoms in total. The van der Waals surface area contributed by atoms with Gasteiger partial charge < -0.3 is 10.8 Å². The first-order chi connectivity index (χ1) is 8.00. The number of halogens is 2. The van der Waals surface area contributed by atoms with Crippen molar-refractivity contribution in [2.24, 2.45) is 5.73 Å². The number of hydrogen-bond donors (Lipinski definition) is 2. The van der Waals surface area contributed by atoms with Crippen LogP contribution in [-0.2, 0) is 4.79 Å². The van der Waals surface area contributed by atoms with Crippen LogP contribution in [0.25, 0.3) is 0 Å². The van der Waals surface area contributed by atoms with Gasteiger partial charge in [-0.2, -0.15) is 0 Å². The third-order valence-corrected chi connectivity index (χ3v) is 3.09. The molecule has 5 heteroatoms. The fourth-order valence-corrected chi connectivity index (χ4v) is 2.03. The fourth-order valence-electron chi connectivity index (χ4n) is 1.59. The molecule has 0 bridgehead atoms. The zero-order valence-electron chi connectivity index (χ0n) is 9.33. The number of carboxylic acid groups (broad SMARTS) is 1. The Balaban J connectivity index is 2.49. The van der Waals surface area contributed by atoms with Crippen LogP contribution in [0.5, 0.6) is 0 Å². The second-order valence-electron chi connectivity index (χ2n) is 3.91. The van der Waals surface area contributed by atoms with Crippen LogP contribution in [0.4, 0.5) is 0 Å². The molecular weight excluding hydrogens is 261 g/mol. The number of carbonyl (C=O) groups is 1. The summed E-state index contributed by atoms with van der Waals surface area (Å²) in [6.45, 7) is 0. The third-order valence-electron chi connectivity index (χ3n) is 2.51. The summed E-state index contributed by atoms with van der Waals surface area (Å²) in [5.74, 6) is -0.778. The first kappa shape index (κ1) is 14.3. The molecule has 0 aromatic heterocycles. The Morgan fingerprint density at radius 2 is 2.06 bits per heavy atom. The Bertz CT molecular complexity index is 396. The van der Waals surface area contributed by atoms with Gasteiger partial charge in [0.2, 0.25) is 0 Å². The maximum atomic E-state index is 10.3. The predicted molar refractivity (Wildman–Crippen MR) is 69.5 cm³/mol. The molecule has 1 aromatic carbocycles. The molecule has 1 aromatic rings. The highest BCUT2D eigenvalue weighted by molar-refractivity contribution is 6.33. The number of benzene rings is 1. The average molecular weight is 276 g/mol. The van der Waals surface area contributed by atoms with Gasteiger partial charge in [-0.1, -0.05) is 29.6 Å². The Labute approximate surface area is 111 Å². The van der Waals surface area contributed by atoms with Gasteiger partial charge in [0, 0.05) is 22.5 Å². The topological polar surface area (TPSA) is 63.3 Å². The Morgan fingerprint density at radius 1 is 1.35 bits per heavy atom. The quantitative estimate of drug-likeness (QED) is 0.780. The minimum Gasteiger partial charge on any atom is -0.481 e. The van der Waals surface area contributed by atoms with E-state index in [-0.39, 0.29) is 12.5 Å². The molecule has 0 saturated carbocycles. The van der Waals surface area contributed by atoms with E-state index in [0.29, 0.717) is 22.9 Å². The monoisotopic (exact) mass is 275 g/mol. The largest absolute Gasteiger partial charge is 0.481 e. The van der Waals surface area contributed by atoms with E-state index in [2.05, 4.69) is 0 Å². The number of unbranched alkanes of at least 4 members (excludes halogenated alkanes) is 1. The van der Waals surface area contributed by atoms with Gasteiger partial charge in [0.25, 0.3) is 0 Å². The zero-order chi connectivity index (χ0) is 12.8. The standard InChI is InChI=1S/C12H15Cl2NO2/c13-8-5-6-10(14)9(7-8)11(15)3-1-2-4-12(16)17/h5-7,11H,1-4,15H2,(H,16,17). The first-order valence-corrected chi connectivity index (χ1v) is 6.18. The summed E-state index contributed by atoms with van der Waals surface area (Å²) < 4.78 is 0. The second-order valence-corrected chi connectivity index (χ2v) is 4.76. The van der Waals surface area contributed by atoms with Crippen molar-refractivity contribution in [2.45, 2.75) is 31.7 Å². The SMILES string of the molecule is NC(CCCCC(=O)O)c1cc(Cl)ccc1Cl. The van der Waals surface area contributed by atoms with Crippen LogP contribution in [0.2, 0.25) is 10.0 Å². The van der Waals surface area contributed by atoms with Crippen LogP contribution in [0.1, 0.15) is 37.3 Å². The average Bonchev–Trinajstić information content (AvgIpc) is 2.27.